The molecule has 1 aliphatic rings. The van der Waals surface area contributed by atoms with Gasteiger partial charge >= 0.3 is 5.69 Å². The van der Waals surface area contributed by atoms with Gasteiger partial charge < -0.3 is 9.30 Å². The van der Waals surface area contributed by atoms with Crippen LogP contribution in [0.2, 0.25) is 0 Å². The van der Waals surface area contributed by atoms with Gasteiger partial charge in [-0.05, 0) is 57.0 Å². The Bertz CT molecular complexity index is 1330. The predicted molar refractivity (Wildman–Crippen MR) is 123 cm³/mol. The summed E-state index contributed by atoms with van der Waals surface area (Å²) in [6, 6.07) is 7.97. The Kier molecular flexibility index (Phi) is 6.61. The number of ether oxygens (including phenoxy) is 1. The second-order valence-electron chi connectivity index (χ2n) is 7.93. The van der Waals surface area contributed by atoms with Gasteiger partial charge in [0, 0.05) is 29.2 Å². The van der Waals surface area contributed by atoms with Crippen LogP contribution in [0.3, 0.4) is 0 Å². The number of aryl methyl sites for hydroxylation is 1. The van der Waals surface area contributed by atoms with E-state index in [1.807, 2.05) is 18.4 Å². The van der Waals surface area contributed by atoms with Crippen LogP contribution in [0.1, 0.15) is 34.6 Å². The van der Waals surface area contributed by atoms with Crippen LogP contribution < -0.4 is 10.8 Å². The predicted octanol–water partition coefficient (Wildman–Crippen LogP) is 1.78. The lowest BCUT2D eigenvalue weighted by molar-refractivity contribution is 0.0941. The minimum atomic E-state index is -3.78. The summed E-state index contributed by atoms with van der Waals surface area (Å²) < 4.78 is 32.0. The van der Waals surface area contributed by atoms with Crippen molar-refractivity contribution >= 4 is 27.6 Å². The summed E-state index contributed by atoms with van der Waals surface area (Å²) in [4.78, 5) is 25.2. The molecule has 0 spiro atoms. The maximum absolute atomic E-state index is 13.0. The number of nitrogens with one attached hydrogen (secondary N) is 1. The molecule has 0 saturated carbocycles. The first-order valence-corrected chi connectivity index (χ1v) is 12.9. The molecule has 1 aromatic carbocycles. The molecule has 1 fully saturated rings. The fraction of sp³-hybridized carbons (Fsp3) is 0.381. The first kappa shape index (κ1) is 23.5. The summed E-state index contributed by atoms with van der Waals surface area (Å²) >= 11 is 1.20. The van der Waals surface area contributed by atoms with Gasteiger partial charge in [-0.2, -0.15) is 0 Å². The zero-order valence-electron chi connectivity index (χ0n) is 18.3. The molecule has 0 bridgehead atoms. The number of aromatic amines is 1. The molecule has 10 nitrogen and oxygen atoms in total. The number of carbonyl (C=O) groups is 1. The van der Waals surface area contributed by atoms with Crippen molar-refractivity contribution in [1.29, 1.82) is 0 Å². The van der Waals surface area contributed by atoms with E-state index in [0.29, 0.717) is 23.9 Å². The Hall–Kier alpha value is -2.67. The van der Waals surface area contributed by atoms with E-state index in [-0.39, 0.29) is 28.2 Å². The monoisotopic (exact) mass is 491 g/mol. The highest BCUT2D eigenvalue weighted by Crippen LogP contribution is 2.25. The molecule has 0 aliphatic carbocycles. The third kappa shape index (κ3) is 4.98. The zero-order chi connectivity index (χ0) is 23.8. The van der Waals surface area contributed by atoms with Crippen LogP contribution in [-0.4, -0.2) is 52.0 Å². The Balaban J connectivity index is 1.51. The first-order valence-electron chi connectivity index (χ1n) is 10.4. The molecule has 2 aromatic heterocycles. The number of ketones is 1. The van der Waals surface area contributed by atoms with Gasteiger partial charge in [-0.3, -0.25) is 9.36 Å². The summed E-state index contributed by atoms with van der Waals surface area (Å²) in [5, 5.41) is 12.1. The second kappa shape index (κ2) is 9.29. The normalized spacial score (nSPS) is 16.4. The SMILES string of the molecule is Cc1cc(C(=O)CSc2n[nH]c(=O)n2CC2CCCO2)c(C)n1-c1ccc(S(N)(=O)=O)cc1. The van der Waals surface area contributed by atoms with Gasteiger partial charge in [0.2, 0.25) is 10.0 Å². The average molecular weight is 492 g/mol. The molecule has 176 valence electrons. The highest BCUT2D eigenvalue weighted by atomic mass is 32.2. The van der Waals surface area contributed by atoms with E-state index in [4.69, 9.17) is 9.88 Å². The zero-order valence-corrected chi connectivity index (χ0v) is 19.9. The molecule has 1 atom stereocenters. The van der Waals surface area contributed by atoms with E-state index in [0.717, 1.165) is 29.9 Å². The number of sulfonamides is 1. The maximum atomic E-state index is 13.0. The Morgan fingerprint density at radius 2 is 2.03 bits per heavy atom. The molecular formula is C21H25N5O5S2. The quantitative estimate of drug-likeness (QED) is 0.361. The van der Waals surface area contributed by atoms with Crippen molar-refractivity contribution in [2.75, 3.05) is 12.4 Å². The molecule has 3 N–H and O–H groups in total. The third-order valence-electron chi connectivity index (χ3n) is 5.62. The van der Waals surface area contributed by atoms with Gasteiger partial charge in [0.15, 0.2) is 10.9 Å². The van der Waals surface area contributed by atoms with Crippen LogP contribution >= 0.6 is 11.8 Å². The van der Waals surface area contributed by atoms with Crippen molar-refractivity contribution in [3.63, 3.8) is 0 Å². The van der Waals surface area contributed by atoms with Gasteiger partial charge in [-0.1, -0.05) is 11.8 Å². The number of thioether (sulfide) groups is 1. The minimum Gasteiger partial charge on any atom is -0.376 e. The van der Waals surface area contributed by atoms with Crippen LogP contribution in [0.4, 0.5) is 0 Å². The van der Waals surface area contributed by atoms with Crippen LogP contribution in [0.15, 0.2) is 45.2 Å². The van der Waals surface area contributed by atoms with Crippen LogP contribution in [0, 0.1) is 13.8 Å². The van der Waals surface area contributed by atoms with Gasteiger partial charge in [0.05, 0.1) is 23.3 Å². The van der Waals surface area contributed by atoms with Gasteiger partial charge in [-0.15, -0.1) is 5.10 Å². The van der Waals surface area contributed by atoms with E-state index in [9.17, 15) is 18.0 Å². The number of nitrogens with zero attached hydrogens (tertiary/aromatic N) is 3. The summed E-state index contributed by atoms with van der Waals surface area (Å²) in [5.74, 6) is 0.0180. The molecule has 3 heterocycles. The maximum Gasteiger partial charge on any atom is 0.344 e. The number of hydrogen-bond acceptors (Lipinski definition) is 7. The van der Waals surface area contributed by atoms with E-state index in [1.54, 1.807) is 18.2 Å². The Labute approximate surface area is 195 Å². The summed E-state index contributed by atoms with van der Waals surface area (Å²) in [6.45, 7) is 4.81. The Morgan fingerprint density at radius 3 is 2.67 bits per heavy atom. The fourth-order valence-electron chi connectivity index (χ4n) is 4.00. The summed E-state index contributed by atoms with van der Waals surface area (Å²) in [6.07, 6.45) is 1.85. The number of carbonyl (C=O) groups excluding carboxylic acids is 1. The molecule has 3 aromatic rings. The van der Waals surface area contributed by atoms with Crippen molar-refractivity contribution in [3.05, 3.63) is 57.8 Å². The van der Waals surface area contributed by atoms with Gasteiger partial charge in [0.25, 0.3) is 0 Å². The molecule has 1 aliphatic heterocycles. The summed E-state index contributed by atoms with van der Waals surface area (Å²) in [7, 11) is -3.78. The smallest absolute Gasteiger partial charge is 0.344 e. The van der Waals surface area contributed by atoms with E-state index >= 15 is 0 Å². The molecule has 1 unspecified atom stereocenters. The standard InChI is InChI=1S/C21H25N5O5S2/c1-13-10-18(14(2)26(13)15-5-7-17(8-6-15)33(22,29)30)19(27)12-32-21-24-23-20(28)25(21)11-16-4-3-9-31-16/h5-8,10,16H,3-4,9,11-12H2,1-2H3,(H,23,28)(H2,22,29,30). The third-order valence-corrected chi connectivity index (χ3v) is 7.53. The number of Topliss-reactive ketones (excluding diaryl/α,β-unsaturated/α-hetero) is 1. The summed E-state index contributed by atoms with van der Waals surface area (Å²) in [5.41, 5.74) is 2.53. The number of aromatic nitrogens is 4. The topological polar surface area (TPSA) is 142 Å². The van der Waals surface area contributed by atoms with E-state index in [2.05, 4.69) is 10.2 Å². The van der Waals surface area contributed by atoms with Crippen molar-refractivity contribution in [3.8, 4) is 5.69 Å². The average Bonchev–Trinajstić information content (AvgIpc) is 3.47. The highest BCUT2D eigenvalue weighted by molar-refractivity contribution is 7.99. The number of nitrogens with two attached hydrogens (primary N) is 1. The lowest BCUT2D eigenvalue weighted by atomic mass is 10.2. The molecule has 0 amide bonds. The molecular weight excluding hydrogens is 466 g/mol. The van der Waals surface area contributed by atoms with Crippen LogP contribution in [-0.2, 0) is 21.3 Å². The minimum absolute atomic E-state index is 0.0186. The fourth-order valence-corrected chi connectivity index (χ4v) is 5.36. The van der Waals surface area contributed by atoms with E-state index in [1.165, 1.54) is 28.5 Å². The molecule has 12 heteroatoms. The second-order valence-corrected chi connectivity index (χ2v) is 10.4. The molecule has 33 heavy (non-hydrogen) atoms. The number of hydrogen-bond donors (Lipinski definition) is 2. The number of primary sulfonamides is 1. The molecule has 0 radical (unpaired) electrons. The lowest BCUT2D eigenvalue weighted by Crippen LogP contribution is -2.25. The van der Waals surface area contributed by atoms with Crippen molar-refractivity contribution < 1.29 is 17.9 Å². The number of rotatable bonds is 8. The molecule has 4 rings (SSSR count). The Morgan fingerprint density at radius 1 is 1.30 bits per heavy atom. The highest BCUT2D eigenvalue weighted by Gasteiger charge is 2.22. The first-order chi connectivity index (χ1) is 15.6. The van der Waals surface area contributed by atoms with Crippen LogP contribution in [0.25, 0.3) is 5.69 Å². The van der Waals surface area contributed by atoms with E-state index < -0.39 is 10.0 Å². The van der Waals surface area contributed by atoms with Crippen molar-refractivity contribution in [1.82, 2.24) is 19.3 Å². The van der Waals surface area contributed by atoms with Crippen molar-refractivity contribution in [2.24, 2.45) is 5.14 Å². The largest absolute Gasteiger partial charge is 0.376 e. The van der Waals surface area contributed by atoms with Crippen molar-refractivity contribution in [2.45, 2.75) is 49.4 Å². The van der Waals surface area contributed by atoms with Gasteiger partial charge in [-0.25, -0.2) is 23.4 Å². The molecule has 1 saturated heterocycles. The lowest BCUT2D eigenvalue weighted by Gasteiger charge is -2.11. The van der Waals surface area contributed by atoms with Gasteiger partial charge in [0.1, 0.15) is 0 Å². The number of H-pyrrole nitrogens is 1. The van der Waals surface area contributed by atoms with Crippen LogP contribution in [0.5, 0.6) is 0 Å². The number of benzene rings is 1.